The first kappa shape index (κ1) is 19.6. The molecule has 1 aliphatic rings. The fraction of sp³-hybridized carbons (Fsp3) is 0.240. The number of ether oxygens (including phenoxy) is 1. The monoisotopic (exact) mass is 403 g/mol. The van der Waals surface area contributed by atoms with E-state index in [1.165, 1.54) is 5.56 Å². The molecule has 0 spiro atoms. The lowest BCUT2D eigenvalue weighted by atomic mass is 9.89. The summed E-state index contributed by atoms with van der Waals surface area (Å²) >= 11 is 1.69. The third-order valence-electron chi connectivity index (χ3n) is 5.05. The van der Waals surface area contributed by atoms with E-state index in [-0.39, 0.29) is 17.6 Å². The predicted molar refractivity (Wildman–Crippen MR) is 118 cm³/mol. The summed E-state index contributed by atoms with van der Waals surface area (Å²) in [6.45, 7) is 4.12. The number of hydrogen-bond donors (Lipinski definition) is 1. The van der Waals surface area contributed by atoms with Crippen LogP contribution in [0.3, 0.4) is 0 Å². The molecule has 0 fully saturated rings. The summed E-state index contributed by atoms with van der Waals surface area (Å²) in [4.78, 5) is 14.2. The van der Waals surface area contributed by atoms with Crippen LogP contribution in [-0.2, 0) is 5.75 Å². The van der Waals surface area contributed by atoms with Gasteiger partial charge in [-0.05, 0) is 37.6 Å². The molecule has 29 heavy (non-hydrogen) atoms. The molecule has 1 atom stereocenters. The van der Waals surface area contributed by atoms with E-state index < -0.39 is 0 Å². The lowest BCUT2D eigenvalue weighted by Crippen LogP contribution is -2.41. The quantitative estimate of drug-likeness (QED) is 0.530. The van der Waals surface area contributed by atoms with E-state index >= 15 is 0 Å². The van der Waals surface area contributed by atoms with Gasteiger partial charge in [-0.15, -0.1) is 11.8 Å². The van der Waals surface area contributed by atoms with Gasteiger partial charge in [0.2, 0.25) is 0 Å². The number of amides is 1. The Bertz CT molecular complexity index is 1000. The Morgan fingerprint density at radius 3 is 2.52 bits per heavy atom. The second kappa shape index (κ2) is 8.34. The maximum Gasteiger partial charge on any atom is 0.252 e. The number of hydrogen-bond acceptors (Lipinski definition) is 3. The van der Waals surface area contributed by atoms with Crippen LogP contribution in [0.25, 0.3) is 0 Å². The molecule has 0 aliphatic carbocycles. The number of carbonyl (C=O) groups excluding carboxylic acids is 1. The summed E-state index contributed by atoms with van der Waals surface area (Å²) < 4.78 is 6.09. The predicted octanol–water partition coefficient (Wildman–Crippen LogP) is 6.01. The van der Waals surface area contributed by atoms with Gasteiger partial charge < -0.3 is 10.1 Å². The SMILES string of the molecule is CC1(C)C[C@@H](NC(=O)c2ccccc2SCc2ccccc2)c2ccccc2O1. The number of benzene rings is 3. The lowest BCUT2D eigenvalue weighted by molar-refractivity contribution is 0.0619. The Kier molecular flexibility index (Phi) is 5.63. The summed E-state index contributed by atoms with van der Waals surface area (Å²) in [5.41, 5.74) is 2.67. The van der Waals surface area contributed by atoms with Gasteiger partial charge in [0, 0.05) is 22.6 Å². The number of para-hydroxylation sites is 1. The lowest BCUT2D eigenvalue weighted by Gasteiger charge is -2.38. The van der Waals surface area contributed by atoms with Gasteiger partial charge in [0.05, 0.1) is 11.6 Å². The minimum absolute atomic E-state index is 0.0429. The summed E-state index contributed by atoms with van der Waals surface area (Å²) in [5.74, 6) is 1.64. The van der Waals surface area contributed by atoms with Crippen LogP contribution in [-0.4, -0.2) is 11.5 Å². The normalized spacial score (nSPS) is 17.1. The first-order valence-corrected chi connectivity index (χ1v) is 10.8. The van der Waals surface area contributed by atoms with Gasteiger partial charge in [-0.2, -0.15) is 0 Å². The van der Waals surface area contributed by atoms with Crippen molar-refractivity contribution in [2.45, 2.75) is 42.6 Å². The molecule has 1 amide bonds. The summed E-state index contributed by atoms with van der Waals surface area (Å²) in [6, 6.07) is 26.0. The second-order valence-corrected chi connectivity index (χ2v) is 8.92. The molecule has 1 heterocycles. The smallest absolute Gasteiger partial charge is 0.252 e. The highest BCUT2D eigenvalue weighted by Gasteiger charge is 2.34. The molecular formula is C25H25NO2S. The number of nitrogens with one attached hydrogen (secondary N) is 1. The van der Waals surface area contributed by atoms with Gasteiger partial charge in [-0.1, -0.05) is 60.7 Å². The minimum Gasteiger partial charge on any atom is -0.487 e. The highest BCUT2D eigenvalue weighted by molar-refractivity contribution is 7.98. The van der Waals surface area contributed by atoms with Crippen LogP contribution in [0.1, 0.15) is 47.8 Å². The largest absolute Gasteiger partial charge is 0.487 e. The van der Waals surface area contributed by atoms with Crippen molar-refractivity contribution < 1.29 is 9.53 Å². The highest BCUT2D eigenvalue weighted by atomic mass is 32.2. The highest BCUT2D eigenvalue weighted by Crippen LogP contribution is 2.39. The van der Waals surface area contributed by atoms with Crippen molar-refractivity contribution in [2.75, 3.05) is 0 Å². The van der Waals surface area contributed by atoms with E-state index in [4.69, 9.17) is 4.74 Å². The third kappa shape index (κ3) is 4.65. The standard InChI is InChI=1S/C25H25NO2S/c1-25(2)16-21(19-12-6-8-14-22(19)28-25)26-24(27)20-13-7-9-15-23(20)29-17-18-10-4-3-5-11-18/h3-15,21H,16-17H2,1-2H3,(H,26,27)/t21-/m1/s1. The van der Waals surface area contributed by atoms with Gasteiger partial charge >= 0.3 is 0 Å². The zero-order chi connectivity index (χ0) is 20.3. The van der Waals surface area contributed by atoms with E-state index in [9.17, 15) is 4.79 Å². The second-order valence-electron chi connectivity index (χ2n) is 7.90. The molecule has 3 nitrogen and oxygen atoms in total. The molecule has 148 valence electrons. The number of carbonyl (C=O) groups is 1. The molecule has 4 rings (SSSR count). The van der Waals surface area contributed by atoms with Crippen molar-refractivity contribution >= 4 is 17.7 Å². The van der Waals surface area contributed by atoms with E-state index in [0.717, 1.165) is 33.9 Å². The average Bonchev–Trinajstić information content (AvgIpc) is 2.72. The molecule has 0 bridgehead atoms. The Hall–Kier alpha value is -2.72. The van der Waals surface area contributed by atoms with Crippen LogP contribution < -0.4 is 10.1 Å². The van der Waals surface area contributed by atoms with Crippen molar-refractivity contribution in [1.29, 1.82) is 0 Å². The Morgan fingerprint density at radius 2 is 1.69 bits per heavy atom. The Morgan fingerprint density at radius 1 is 1.00 bits per heavy atom. The Balaban J connectivity index is 1.53. The average molecular weight is 404 g/mol. The number of fused-ring (bicyclic) bond motifs is 1. The fourth-order valence-corrected chi connectivity index (χ4v) is 4.69. The van der Waals surface area contributed by atoms with Gasteiger partial charge in [0.1, 0.15) is 11.4 Å². The molecule has 0 aromatic heterocycles. The van der Waals surface area contributed by atoms with Crippen LogP contribution >= 0.6 is 11.8 Å². The summed E-state index contributed by atoms with van der Waals surface area (Å²) in [5, 5.41) is 3.25. The van der Waals surface area contributed by atoms with Crippen molar-refractivity contribution in [2.24, 2.45) is 0 Å². The van der Waals surface area contributed by atoms with Gasteiger partial charge in [-0.3, -0.25) is 4.79 Å². The van der Waals surface area contributed by atoms with Gasteiger partial charge in [0.15, 0.2) is 0 Å². The Labute approximate surface area is 176 Å². The fourth-order valence-electron chi connectivity index (χ4n) is 3.68. The minimum atomic E-state index is -0.326. The van der Waals surface area contributed by atoms with Crippen LogP contribution in [0, 0.1) is 0 Å². The molecule has 3 aromatic carbocycles. The topological polar surface area (TPSA) is 38.3 Å². The van der Waals surface area contributed by atoms with Crippen LogP contribution in [0.5, 0.6) is 5.75 Å². The van der Waals surface area contributed by atoms with Crippen LogP contribution in [0.4, 0.5) is 0 Å². The van der Waals surface area contributed by atoms with Gasteiger partial charge in [0.25, 0.3) is 5.91 Å². The van der Waals surface area contributed by atoms with Crippen LogP contribution in [0.2, 0.25) is 0 Å². The van der Waals surface area contributed by atoms with E-state index in [2.05, 4.69) is 31.3 Å². The van der Waals surface area contributed by atoms with E-state index in [1.807, 2.05) is 66.7 Å². The summed E-state index contributed by atoms with van der Waals surface area (Å²) in [6.07, 6.45) is 0.731. The molecule has 0 saturated heterocycles. The first-order valence-electron chi connectivity index (χ1n) is 9.86. The number of thioether (sulfide) groups is 1. The maximum atomic E-state index is 13.2. The van der Waals surface area contributed by atoms with Crippen molar-refractivity contribution in [3.05, 3.63) is 95.6 Å². The molecule has 1 N–H and O–H groups in total. The molecule has 0 unspecified atom stereocenters. The molecule has 4 heteroatoms. The van der Waals surface area contributed by atoms with E-state index in [0.29, 0.717) is 0 Å². The molecule has 1 aliphatic heterocycles. The van der Waals surface area contributed by atoms with Crippen LogP contribution in [0.15, 0.2) is 83.8 Å². The van der Waals surface area contributed by atoms with Crippen molar-refractivity contribution in [3.63, 3.8) is 0 Å². The molecular weight excluding hydrogens is 378 g/mol. The molecule has 0 radical (unpaired) electrons. The molecule has 3 aromatic rings. The first-order chi connectivity index (χ1) is 14.0. The van der Waals surface area contributed by atoms with Crippen molar-refractivity contribution in [1.82, 2.24) is 5.32 Å². The zero-order valence-electron chi connectivity index (χ0n) is 16.7. The molecule has 0 saturated carbocycles. The zero-order valence-corrected chi connectivity index (χ0v) is 17.5. The van der Waals surface area contributed by atoms with E-state index in [1.54, 1.807) is 11.8 Å². The third-order valence-corrected chi connectivity index (χ3v) is 6.20. The van der Waals surface area contributed by atoms with Crippen molar-refractivity contribution in [3.8, 4) is 5.75 Å². The number of rotatable bonds is 5. The van der Waals surface area contributed by atoms with Gasteiger partial charge in [-0.25, -0.2) is 0 Å². The maximum absolute atomic E-state index is 13.2. The summed E-state index contributed by atoms with van der Waals surface area (Å²) in [7, 11) is 0.